The van der Waals surface area contributed by atoms with Gasteiger partial charge in [0.2, 0.25) is 0 Å². The summed E-state index contributed by atoms with van der Waals surface area (Å²) in [5.74, 6) is -1.51. The molecule has 8 nitrogen and oxygen atoms in total. The summed E-state index contributed by atoms with van der Waals surface area (Å²) in [4.78, 5) is 22.9. The molecular formula is C19H22O8. The quantitative estimate of drug-likeness (QED) is 0.754. The highest BCUT2D eigenvalue weighted by molar-refractivity contribution is 5.96. The minimum Gasteiger partial charge on any atom is -0.493 e. The molecule has 0 saturated carbocycles. The summed E-state index contributed by atoms with van der Waals surface area (Å²) in [5.41, 5.74) is 0.476. The number of aromatic carboxylic acids is 2. The van der Waals surface area contributed by atoms with Gasteiger partial charge in [0, 0.05) is 11.1 Å². The van der Waals surface area contributed by atoms with E-state index in [-0.39, 0.29) is 41.6 Å². The second-order valence-corrected chi connectivity index (χ2v) is 5.13. The first-order valence-corrected chi connectivity index (χ1v) is 7.36. The van der Waals surface area contributed by atoms with Crippen LogP contribution in [-0.2, 0) is 0 Å². The third-order valence-corrected chi connectivity index (χ3v) is 3.74. The van der Waals surface area contributed by atoms with Crippen molar-refractivity contribution in [3.05, 3.63) is 35.4 Å². The van der Waals surface area contributed by atoms with Crippen LogP contribution in [0.2, 0.25) is 0 Å². The zero-order valence-corrected chi connectivity index (χ0v) is 14.7. The van der Waals surface area contributed by atoms with Crippen LogP contribution in [0.15, 0.2) is 24.3 Å². The van der Waals surface area contributed by atoms with E-state index in [1.165, 1.54) is 52.7 Å². The lowest BCUT2D eigenvalue weighted by molar-refractivity contribution is 0.0685. The van der Waals surface area contributed by atoms with Crippen molar-refractivity contribution in [1.82, 2.24) is 0 Å². The molecule has 0 aliphatic carbocycles. The average Bonchev–Trinajstić information content (AvgIpc) is 2.65. The van der Waals surface area contributed by atoms with E-state index in [4.69, 9.17) is 18.9 Å². The SMILES string of the molecule is C.COc1cc(C(=O)O)cc(-c2cc(C(=O)O)cc(OC)c2OC)c1OC. The molecule has 0 saturated heterocycles. The van der Waals surface area contributed by atoms with Gasteiger partial charge in [0.05, 0.1) is 39.6 Å². The number of benzene rings is 2. The van der Waals surface area contributed by atoms with E-state index >= 15 is 0 Å². The molecule has 8 heteroatoms. The van der Waals surface area contributed by atoms with Crippen LogP contribution < -0.4 is 18.9 Å². The van der Waals surface area contributed by atoms with Crippen LogP contribution in [0.4, 0.5) is 0 Å². The number of hydrogen-bond acceptors (Lipinski definition) is 6. The molecule has 0 amide bonds. The van der Waals surface area contributed by atoms with Crippen molar-refractivity contribution in [3.63, 3.8) is 0 Å². The fourth-order valence-corrected chi connectivity index (χ4v) is 2.58. The van der Waals surface area contributed by atoms with Crippen molar-refractivity contribution in [3.8, 4) is 34.1 Å². The van der Waals surface area contributed by atoms with Crippen LogP contribution in [0.1, 0.15) is 28.1 Å². The van der Waals surface area contributed by atoms with E-state index in [1.54, 1.807) is 0 Å². The van der Waals surface area contributed by atoms with Crippen molar-refractivity contribution < 1.29 is 38.7 Å². The normalized spacial score (nSPS) is 9.78. The summed E-state index contributed by atoms with van der Waals surface area (Å²) in [6.07, 6.45) is 0. The van der Waals surface area contributed by atoms with Gasteiger partial charge in [-0.15, -0.1) is 0 Å². The third-order valence-electron chi connectivity index (χ3n) is 3.74. The number of hydrogen-bond donors (Lipinski definition) is 2. The fraction of sp³-hybridized carbons (Fsp3) is 0.263. The maximum Gasteiger partial charge on any atom is 0.335 e. The maximum absolute atomic E-state index is 11.5. The van der Waals surface area contributed by atoms with E-state index in [0.717, 1.165) is 0 Å². The van der Waals surface area contributed by atoms with Gasteiger partial charge in [-0.05, 0) is 24.3 Å². The predicted octanol–water partition coefficient (Wildman–Crippen LogP) is 3.42. The summed E-state index contributed by atoms with van der Waals surface area (Å²) < 4.78 is 21.2. The lowest BCUT2D eigenvalue weighted by Gasteiger charge is -2.18. The lowest BCUT2D eigenvalue weighted by Crippen LogP contribution is -2.04. The van der Waals surface area contributed by atoms with Gasteiger partial charge in [-0.25, -0.2) is 9.59 Å². The van der Waals surface area contributed by atoms with Crippen LogP contribution in [0.25, 0.3) is 11.1 Å². The van der Waals surface area contributed by atoms with Crippen molar-refractivity contribution in [2.45, 2.75) is 7.43 Å². The third kappa shape index (κ3) is 4.05. The molecule has 146 valence electrons. The van der Waals surface area contributed by atoms with E-state index in [2.05, 4.69) is 0 Å². The molecule has 2 rings (SSSR count). The molecule has 0 bridgehead atoms. The summed E-state index contributed by atoms with van der Waals surface area (Å²) in [6, 6.07) is 5.34. The van der Waals surface area contributed by atoms with Crippen molar-refractivity contribution in [2.75, 3.05) is 28.4 Å². The molecule has 0 spiro atoms. The first kappa shape index (κ1) is 21.6. The number of ether oxygens (including phenoxy) is 4. The van der Waals surface area contributed by atoms with Gasteiger partial charge in [-0.3, -0.25) is 0 Å². The molecule has 0 heterocycles. The van der Waals surface area contributed by atoms with Crippen LogP contribution in [0.5, 0.6) is 23.0 Å². The molecule has 2 aromatic rings. The van der Waals surface area contributed by atoms with E-state index in [1.807, 2.05) is 0 Å². The minimum atomic E-state index is -1.17. The Balaban J connectivity index is 0.00000364. The van der Waals surface area contributed by atoms with Gasteiger partial charge in [0.1, 0.15) is 0 Å². The molecule has 0 fully saturated rings. The molecule has 0 unspecified atom stereocenters. The van der Waals surface area contributed by atoms with Crippen LogP contribution in [-0.4, -0.2) is 50.6 Å². The highest BCUT2D eigenvalue weighted by Crippen LogP contribution is 2.46. The number of methoxy groups -OCH3 is 4. The van der Waals surface area contributed by atoms with Crippen molar-refractivity contribution in [2.24, 2.45) is 0 Å². The van der Waals surface area contributed by atoms with E-state index in [9.17, 15) is 19.8 Å². The summed E-state index contributed by atoms with van der Waals surface area (Å²) >= 11 is 0. The lowest BCUT2D eigenvalue weighted by atomic mass is 9.97. The molecule has 0 radical (unpaired) electrons. The van der Waals surface area contributed by atoms with Gasteiger partial charge >= 0.3 is 11.9 Å². The molecule has 0 aliphatic heterocycles. The number of rotatable bonds is 7. The Morgan fingerprint density at radius 1 is 0.667 bits per heavy atom. The second kappa shape index (κ2) is 8.79. The monoisotopic (exact) mass is 378 g/mol. The molecule has 2 N–H and O–H groups in total. The first-order chi connectivity index (χ1) is 12.4. The summed E-state index contributed by atoms with van der Waals surface area (Å²) in [6.45, 7) is 0. The number of carboxylic acids is 2. The molecular weight excluding hydrogens is 356 g/mol. The second-order valence-electron chi connectivity index (χ2n) is 5.13. The Morgan fingerprint density at radius 3 is 1.22 bits per heavy atom. The Labute approximate surface area is 156 Å². The molecule has 0 aromatic heterocycles. The smallest absolute Gasteiger partial charge is 0.335 e. The Kier molecular flexibility index (Phi) is 7.04. The molecule has 0 atom stereocenters. The number of carboxylic acid groups (broad SMARTS) is 2. The Hall–Kier alpha value is -3.42. The van der Waals surface area contributed by atoms with Gasteiger partial charge in [-0.2, -0.15) is 0 Å². The van der Waals surface area contributed by atoms with E-state index < -0.39 is 11.9 Å². The Bertz CT molecular complexity index is 786. The van der Waals surface area contributed by atoms with Crippen molar-refractivity contribution in [1.29, 1.82) is 0 Å². The highest BCUT2D eigenvalue weighted by Gasteiger charge is 2.23. The van der Waals surface area contributed by atoms with Crippen LogP contribution in [0.3, 0.4) is 0 Å². The summed E-state index contributed by atoms with van der Waals surface area (Å²) in [5, 5.41) is 18.7. The highest BCUT2D eigenvalue weighted by atomic mass is 16.5. The average molecular weight is 378 g/mol. The Morgan fingerprint density at radius 2 is 1.00 bits per heavy atom. The fourth-order valence-electron chi connectivity index (χ4n) is 2.58. The first-order valence-electron chi connectivity index (χ1n) is 7.36. The zero-order chi connectivity index (χ0) is 19.4. The molecule has 27 heavy (non-hydrogen) atoms. The topological polar surface area (TPSA) is 112 Å². The van der Waals surface area contributed by atoms with Crippen molar-refractivity contribution >= 4 is 11.9 Å². The predicted molar refractivity (Wildman–Crippen MR) is 98.7 cm³/mol. The van der Waals surface area contributed by atoms with Gasteiger partial charge in [0.25, 0.3) is 0 Å². The van der Waals surface area contributed by atoms with E-state index in [0.29, 0.717) is 11.1 Å². The maximum atomic E-state index is 11.5. The molecule has 2 aromatic carbocycles. The van der Waals surface area contributed by atoms with Gasteiger partial charge in [-0.1, -0.05) is 7.43 Å². The summed E-state index contributed by atoms with van der Waals surface area (Å²) in [7, 11) is 5.54. The number of carbonyl (C=O) groups is 2. The van der Waals surface area contributed by atoms with Crippen LogP contribution >= 0.6 is 0 Å². The van der Waals surface area contributed by atoms with Gasteiger partial charge < -0.3 is 29.2 Å². The standard InChI is InChI=1S/C18H18O8.CH4/c1-23-13-7-9(17(19)20)5-11(15(13)25-3)12-6-10(18(21)22)8-14(24-2)16(12)26-4;/h5-8H,1-4H3,(H,19,20)(H,21,22);1H4. The van der Waals surface area contributed by atoms with Crippen LogP contribution in [0, 0.1) is 0 Å². The zero-order valence-electron chi connectivity index (χ0n) is 14.7. The van der Waals surface area contributed by atoms with Gasteiger partial charge in [0.15, 0.2) is 23.0 Å². The molecule has 0 aliphatic rings. The largest absolute Gasteiger partial charge is 0.493 e. The minimum absolute atomic E-state index is 0.